The number of hydrazine groups is 1. The zero-order chi connectivity index (χ0) is 16.1. The molecular weight excluding hydrogens is 286 g/mol. The first-order valence-corrected chi connectivity index (χ1v) is 8.60. The van der Waals surface area contributed by atoms with Gasteiger partial charge in [0, 0.05) is 30.6 Å². The maximum Gasteiger partial charge on any atom is 0.119 e. The van der Waals surface area contributed by atoms with Crippen LogP contribution in [0.1, 0.15) is 37.3 Å². The molecule has 2 heterocycles. The van der Waals surface area contributed by atoms with E-state index in [2.05, 4.69) is 53.9 Å². The number of ether oxygens (including phenoxy) is 1. The van der Waals surface area contributed by atoms with Gasteiger partial charge in [0.2, 0.25) is 0 Å². The third-order valence-corrected chi connectivity index (χ3v) is 4.72. The molecule has 0 saturated carbocycles. The number of nitrogens with zero attached hydrogens (tertiary/aromatic N) is 1. The van der Waals surface area contributed by atoms with Gasteiger partial charge in [-0.15, -0.1) is 0 Å². The highest BCUT2D eigenvalue weighted by molar-refractivity contribution is 5.76. The molecule has 1 atom stereocenters. The first-order valence-electron chi connectivity index (χ1n) is 8.60. The molecule has 4 heteroatoms. The lowest BCUT2D eigenvalue weighted by atomic mass is 10.0. The van der Waals surface area contributed by atoms with Crippen LogP contribution in [-0.4, -0.2) is 30.6 Å². The summed E-state index contributed by atoms with van der Waals surface area (Å²) in [5.41, 5.74) is 9.59. The highest BCUT2D eigenvalue weighted by atomic mass is 16.5. The van der Waals surface area contributed by atoms with Crippen LogP contribution in [-0.2, 0) is 0 Å². The standard InChI is InChI=1S/C19H27N3O/c1-15-13-18(6-7-19(15)17-8-9-20-21-14-17)23-12-4-11-22-10-3-5-16(22)2/h6-9,13-14,16,20-21H,3-5,10-12H2,1-2H3/t16-/m1/s1. The highest BCUT2D eigenvalue weighted by Gasteiger charge is 2.19. The van der Waals surface area contributed by atoms with Gasteiger partial charge in [-0.25, -0.2) is 0 Å². The van der Waals surface area contributed by atoms with E-state index in [-0.39, 0.29) is 0 Å². The predicted octanol–water partition coefficient (Wildman–Crippen LogP) is 3.21. The monoisotopic (exact) mass is 313 g/mol. The number of nitrogens with one attached hydrogen (secondary N) is 2. The van der Waals surface area contributed by atoms with Crippen molar-refractivity contribution in [2.45, 2.75) is 39.2 Å². The van der Waals surface area contributed by atoms with Crippen LogP contribution in [0.2, 0.25) is 0 Å². The number of hydrogen-bond acceptors (Lipinski definition) is 4. The Morgan fingerprint density at radius 1 is 1.30 bits per heavy atom. The fourth-order valence-corrected chi connectivity index (χ4v) is 3.35. The van der Waals surface area contributed by atoms with Gasteiger partial charge < -0.3 is 20.5 Å². The second kappa shape index (κ2) is 7.55. The lowest BCUT2D eigenvalue weighted by Gasteiger charge is -2.20. The summed E-state index contributed by atoms with van der Waals surface area (Å²) in [5, 5.41) is 0. The maximum atomic E-state index is 5.93. The second-order valence-corrected chi connectivity index (χ2v) is 6.43. The van der Waals surface area contributed by atoms with Gasteiger partial charge in [-0.05, 0) is 69.0 Å². The molecule has 1 aromatic carbocycles. The van der Waals surface area contributed by atoms with Crippen molar-refractivity contribution in [2.24, 2.45) is 0 Å². The number of rotatable bonds is 6. The summed E-state index contributed by atoms with van der Waals surface area (Å²) in [6, 6.07) is 7.08. The molecule has 0 amide bonds. The average molecular weight is 313 g/mol. The topological polar surface area (TPSA) is 36.5 Å². The largest absolute Gasteiger partial charge is 0.494 e. The number of allylic oxidation sites excluding steroid dienone is 2. The van der Waals surface area contributed by atoms with E-state index >= 15 is 0 Å². The lowest BCUT2D eigenvalue weighted by molar-refractivity contribution is 0.230. The van der Waals surface area contributed by atoms with Gasteiger partial charge in [0.05, 0.1) is 6.61 Å². The molecule has 0 radical (unpaired) electrons. The molecule has 0 aliphatic carbocycles. The van der Waals surface area contributed by atoms with E-state index in [1.165, 1.54) is 36.1 Å². The molecule has 2 aliphatic rings. The molecule has 0 spiro atoms. The van der Waals surface area contributed by atoms with E-state index in [9.17, 15) is 0 Å². The molecule has 4 nitrogen and oxygen atoms in total. The fourth-order valence-electron chi connectivity index (χ4n) is 3.35. The molecule has 0 unspecified atom stereocenters. The van der Waals surface area contributed by atoms with E-state index in [1.807, 2.05) is 12.4 Å². The van der Waals surface area contributed by atoms with Gasteiger partial charge in [0.25, 0.3) is 0 Å². The van der Waals surface area contributed by atoms with E-state index < -0.39 is 0 Å². The molecule has 1 fully saturated rings. The van der Waals surface area contributed by atoms with Crippen molar-refractivity contribution in [3.05, 3.63) is 47.8 Å². The fraction of sp³-hybridized carbons (Fsp3) is 0.474. The normalized spacial score (nSPS) is 20.8. The van der Waals surface area contributed by atoms with Crippen molar-refractivity contribution < 1.29 is 4.74 Å². The number of hydrogen-bond donors (Lipinski definition) is 2. The third-order valence-electron chi connectivity index (χ3n) is 4.72. The average Bonchev–Trinajstić information content (AvgIpc) is 2.98. The Hall–Kier alpha value is -1.94. The first kappa shape index (κ1) is 15.9. The summed E-state index contributed by atoms with van der Waals surface area (Å²) in [7, 11) is 0. The van der Waals surface area contributed by atoms with Crippen molar-refractivity contribution in [2.75, 3.05) is 19.7 Å². The van der Waals surface area contributed by atoms with Crippen LogP contribution >= 0.6 is 0 Å². The smallest absolute Gasteiger partial charge is 0.119 e. The van der Waals surface area contributed by atoms with Crippen molar-refractivity contribution in [3.63, 3.8) is 0 Å². The van der Waals surface area contributed by atoms with Crippen LogP contribution in [0, 0.1) is 6.92 Å². The van der Waals surface area contributed by atoms with Crippen LogP contribution in [0.5, 0.6) is 5.75 Å². The van der Waals surface area contributed by atoms with Gasteiger partial charge >= 0.3 is 0 Å². The van der Waals surface area contributed by atoms with E-state index in [0.717, 1.165) is 31.4 Å². The molecular formula is C19H27N3O. The maximum absolute atomic E-state index is 5.93. The minimum absolute atomic E-state index is 0.747. The Morgan fingerprint density at radius 3 is 2.91 bits per heavy atom. The zero-order valence-corrected chi connectivity index (χ0v) is 14.1. The molecule has 3 rings (SSSR count). The van der Waals surface area contributed by atoms with Gasteiger partial charge in [-0.1, -0.05) is 6.07 Å². The molecule has 2 aliphatic heterocycles. The molecule has 124 valence electrons. The van der Waals surface area contributed by atoms with E-state index in [1.54, 1.807) is 0 Å². The Bertz CT molecular complexity index is 594. The quantitative estimate of drug-likeness (QED) is 0.791. The molecule has 2 N–H and O–H groups in total. The van der Waals surface area contributed by atoms with Crippen molar-refractivity contribution in [1.82, 2.24) is 15.8 Å². The van der Waals surface area contributed by atoms with Gasteiger partial charge in [-0.2, -0.15) is 0 Å². The lowest BCUT2D eigenvalue weighted by Crippen LogP contribution is -2.28. The molecule has 0 bridgehead atoms. The summed E-state index contributed by atoms with van der Waals surface area (Å²) in [6.07, 6.45) is 9.72. The van der Waals surface area contributed by atoms with Crippen LogP contribution in [0.4, 0.5) is 0 Å². The predicted molar refractivity (Wildman–Crippen MR) is 94.9 cm³/mol. The van der Waals surface area contributed by atoms with E-state index in [4.69, 9.17) is 4.74 Å². The zero-order valence-electron chi connectivity index (χ0n) is 14.1. The van der Waals surface area contributed by atoms with E-state index in [0.29, 0.717) is 0 Å². The second-order valence-electron chi connectivity index (χ2n) is 6.43. The molecule has 0 aromatic heterocycles. The Morgan fingerprint density at radius 2 is 2.22 bits per heavy atom. The van der Waals surface area contributed by atoms with Crippen LogP contribution < -0.4 is 15.6 Å². The number of benzene rings is 1. The van der Waals surface area contributed by atoms with Gasteiger partial charge in [-0.3, -0.25) is 0 Å². The van der Waals surface area contributed by atoms with Crippen LogP contribution in [0.15, 0.2) is 36.7 Å². The summed E-state index contributed by atoms with van der Waals surface area (Å²) in [5.74, 6) is 0.965. The summed E-state index contributed by atoms with van der Waals surface area (Å²) in [6.45, 7) is 7.64. The minimum atomic E-state index is 0.747. The van der Waals surface area contributed by atoms with Crippen molar-refractivity contribution in [3.8, 4) is 5.75 Å². The van der Waals surface area contributed by atoms with Crippen molar-refractivity contribution in [1.29, 1.82) is 0 Å². The van der Waals surface area contributed by atoms with Crippen LogP contribution in [0.25, 0.3) is 5.57 Å². The van der Waals surface area contributed by atoms with Crippen LogP contribution in [0.3, 0.4) is 0 Å². The molecule has 1 saturated heterocycles. The molecule has 1 aromatic rings. The van der Waals surface area contributed by atoms with Gasteiger partial charge in [0.15, 0.2) is 0 Å². The third kappa shape index (κ3) is 4.08. The van der Waals surface area contributed by atoms with Crippen molar-refractivity contribution >= 4 is 5.57 Å². The first-order chi connectivity index (χ1) is 11.2. The summed E-state index contributed by atoms with van der Waals surface area (Å²) < 4.78 is 5.93. The Labute approximate surface area is 139 Å². The highest BCUT2D eigenvalue weighted by Crippen LogP contribution is 2.25. The summed E-state index contributed by atoms with van der Waals surface area (Å²) in [4.78, 5) is 2.57. The summed E-state index contributed by atoms with van der Waals surface area (Å²) >= 11 is 0. The minimum Gasteiger partial charge on any atom is -0.494 e. The van der Waals surface area contributed by atoms with Gasteiger partial charge in [0.1, 0.15) is 5.75 Å². The number of likely N-dealkylation sites (tertiary alicyclic amines) is 1. The molecule has 23 heavy (non-hydrogen) atoms. The Kier molecular flexibility index (Phi) is 5.23. The SMILES string of the molecule is Cc1cc(OCCCN2CCC[C@H]2C)ccc1C1=CNNC=C1. The number of aryl methyl sites for hydroxylation is 1. The Balaban J connectivity index is 1.50.